The molecular formula is C12H14N2OS2. The Bertz CT molecular complexity index is 497. The van der Waals surface area contributed by atoms with Crippen LogP contribution in [0.25, 0.3) is 0 Å². The first kappa shape index (κ1) is 12.4. The van der Waals surface area contributed by atoms with Crippen molar-refractivity contribution in [1.82, 2.24) is 4.98 Å². The number of thiazole rings is 1. The van der Waals surface area contributed by atoms with E-state index in [0.29, 0.717) is 6.42 Å². The Morgan fingerprint density at radius 3 is 2.82 bits per heavy atom. The average molecular weight is 266 g/mol. The summed E-state index contributed by atoms with van der Waals surface area (Å²) in [5.74, 6) is 0.0289. The summed E-state index contributed by atoms with van der Waals surface area (Å²) in [4.78, 5) is 18.4. The van der Waals surface area contributed by atoms with E-state index in [1.54, 1.807) is 11.3 Å². The van der Waals surface area contributed by atoms with Crippen LogP contribution in [0.1, 0.15) is 26.5 Å². The molecule has 2 rings (SSSR count). The number of nitrogens with zero attached hydrogens (tertiary/aromatic N) is 1. The largest absolute Gasteiger partial charge is 0.317 e. The summed E-state index contributed by atoms with van der Waals surface area (Å²) in [5, 5.41) is 2.79. The predicted molar refractivity (Wildman–Crippen MR) is 71.5 cm³/mol. The zero-order valence-corrected chi connectivity index (χ0v) is 11.4. The number of hydrogen-bond acceptors (Lipinski definition) is 5. The maximum Gasteiger partial charge on any atom is 0.161 e. The number of hydrogen-bond donors (Lipinski definition) is 1. The van der Waals surface area contributed by atoms with Gasteiger partial charge in [-0.25, -0.2) is 4.98 Å². The summed E-state index contributed by atoms with van der Waals surface area (Å²) in [6, 6.07) is 3.29. The molecule has 0 saturated carbocycles. The number of aromatic nitrogens is 1. The van der Waals surface area contributed by atoms with Crippen LogP contribution in [0.4, 0.5) is 0 Å². The van der Waals surface area contributed by atoms with Crippen molar-refractivity contribution in [2.75, 3.05) is 0 Å². The summed E-state index contributed by atoms with van der Waals surface area (Å²) in [7, 11) is 0. The van der Waals surface area contributed by atoms with Crippen molar-refractivity contribution in [2.24, 2.45) is 5.73 Å². The molecule has 2 heterocycles. The van der Waals surface area contributed by atoms with Gasteiger partial charge in [0.15, 0.2) is 5.78 Å². The van der Waals surface area contributed by atoms with Gasteiger partial charge in [0.05, 0.1) is 18.2 Å². The molecule has 17 heavy (non-hydrogen) atoms. The Morgan fingerprint density at radius 1 is 1.53 bits per heavy atom. The predicted octanol–water partition coefficient (Wildman–Crippen LogP) is 2.63. The van der Waals surface area contributed by atoms with Gasteiger partial charge in [0.2, 0.25) is 0 Å². The lowest BCUT2D eigenvalue weighted by atomic mass is 10.1. The molecule has 90 valence electrons. The highest BCUT2D eigenvalue weighted by Gasteiger charge is 2.18. The molecule has 0 aromatic carbocycles. The van der Waals surface area contributed by atoms with Crippen LogP contribution < -0.4 is 5.73 Å². The molecule has 0 bridgehead atoms. The fourth-order valence-electron chi connectivity index (χ4n) is 1.50. The lowest BCUT2D eigenvalue weighted by Gasteiger charge is -2.06. The third kappa shape index (κ3) is 2.80. The van der Waals surface area contributed by atoms with Crippen LogP contribution >= 0.6 is 22.7 Å². The van der Waals surface area contributed by atoms with E-state index in [4.69, 9.17) is 5.73 Å². The molecule has 2 aromatic rings. The van der Waals surface area contributed by atoms with Crippen molar-refractivity contribution >= 4 is 28.5 Å². The van der Waals surface area contributed by atoms with Crippen LogP contribution in [0, 0.1) is 13.8 Å². The number of carbonyl (C=O) groups is 1. The highest BCUT2D eigenvalue weighted by molar-refractivity contribution is 7.11. The Labute approximate surface area is 108 Å². The lowest BCUT2D eigenvalue weighted by Crippen LogP contribution is -2.22. The van der Waals surface area contributed by atoms with Crippen molar-refractivity contribution in [2.45, 2.75) is 26.3 Å². The molecule has 0 fully saturated rings. The number of ketones is 1. The molecule has 0 amide bonds. The monoisotopic (exact) mass is 266 g/mol. The van der Waals surface area contributed by atoms with Crippen LogP contribution in [0.2, 0.25) is 0 Å². The highest BCUT2D eigenvalue weighted by atomic mass is 32.1. The second-order valence-electron chi connectivity index (χ2n) is 3.89. The van der Waals surface area contributed by atoms with Crippen molar-refractivity contribution in [3.05, 3.63) is 38.0 Å². The summed E-state index contributed by atoms with van der Waals surface area (Å²) in [6.07, 6.45) is 0.332. The van der Waals surface area contributed by atoms with Crippen LogP contribution in [0.15, 0.2) is 17.5 Å². The van der Waals surface area contributed by atoms with E-state index in [1.807, 2.05) is 31.4 Å². The first-order valence-electron chi connectivity index (χ1n) is 5.32. The van der Waals surface area contributed by atoms with E-state index in [9.17, 15) is 4.79 Å². The van der Waals surface area contributed by atoms with Crippen LogP contribution in [0.3, 0.4) is 0 Å². The smallest absolute Gasteiger partial charge is 0.161 e. The number of Topliss-reactive ketones (excluding diaryl/α,β-unsaturated/α-hetero) is 1. The third-order valence-electron chi connectivity index (χ3n) is 2.59. The zero-order valence-electron chi connectivity index (χ0n) is 9.77. The van der Waals surface area contributed by atoms with Crippen molar-refractivity contribution < 1.29 is 4.79 Å². The van der Waals surface area contributed by atoms with E-state index in [-0.39, 0.29) is 5.78 Å². The van der Waals surface area contributed by atoms with Gasteiger partial charge in [-0.1, -0.05) is 6.07 Å². The van der Waals surface area contributed by atoms with Gasteiger partial charge in [0.1, 0.15) is 5.01 Å². The maximum atomic E-state index is 12.0. The number of thiophene rings is 1. The Hall–Kier alpha value is -1.04. The van der Waals surface area contributed by atoms with Crippen molar-refractivity contribution in [3.63, 3.8) is 0 Å². The second-order valence-corrected chi connectivity index (χ2v) is 6.15. The maximum absolute atomic E-state index is 12.0. The number of rotatable bonds is 4. The van der Waals surface area contributed by atoms with Gasteiger partial charge in [-0.15, -0.1) is 22.7 Å². The van der Waals surface area contributed by atoms with Crippen LogP contribution in [0.5, 0.6) is 0 Å². The van der Waals surface area contributed by atoms with E-state index >= 15 is 0 Å². The summed E-state index contributed by atoms with van der Waals surface area (Å²) >= 11 is 3.09. The van der Waals surface area contributed by atoms with E-state index in [2.05, 4.69) is 4.98 Å². The summed E-state index contributed by atoms with van der Waals surface area (Å²) < 4.78 is 0. The van der Waals surface area contributed by atoms with Crippen LogP contribution in [-0.4, -0.2) is 10.8 Å². The minimum absolute atomic E-state index is 0.0289. The van der Waals surface area contributed by atoms with Gasteiger partial charge in [-0.2, -0.15) is 0 Å². The molecule has 0 aliphatic carbocycles. The minimum atomic E-state index is -0.514. The topological polar surface area (TPSA) is 56.0 Å². The fourth-order valence-corrected chi connectivity index (χ4v) is 3.19. The molecule has 5 heteroatoms. The first-order chi connectivity index (χ1) is 8.08. The normalized spacial score (nSPS) is 12.6. The highest BCUT2D eigenvalue weighted by Crippen LogP contribution is 2.22. The molecule has 0 spiro atoms. The van der Waals surface area contributed by atoms with Gasteiger partial charge in [-0.05, 0) is 25.3 Å². The molecular weight excluding hydrogens is 252 g/mol. The number of aryl methyl sites for hydroxylation is 2. The third-order valence-corrected chi connectivity index (χ3v) is 4.62. The summed E-state index contributed by atoms with van der Waals surface area (Å²) in [6.45, 7) is 3.97. The standard InChI is InChI=1S/C12H14N2OS2/c1-7-8(2)17-11(14-7)6-9(15)12(13)10-4-3-5-16-10/h3-5,12H,6,13H2,1-2H3. The molecule has 3 nitrogen and oxygen atoms in total. The second kappa shape index (κ2) is 5.08. The first-order valence-corrected chi connectivity index (χ1v) is 7.02. The van der Waals surface area contributed by atoms with Crippen molar-refractivity contribution in [1.29, 1.82) is 0 Å². The van der Waals surface area contributed by atoms with Gasteiger partial charge in [-0.3, -0.25) is 4.79 Å². The zero-order chi connectivity index (χ0) is 12.4. The van der Waals surface area contributed by atoms with E-state index < -0.39 is 6.04 Å². The molecule has 0 aliphatic rings. The molecule has 1 unspecified atom stereocenters. The molecule has 2 N–H and O–H groups in total. The van der Waals surface area contributed by atoms with Crippen molar-refractivity contribution in [3.8, 4) is 0 Å². The summed E-state index contributed by atoms with van der Waals surface area (Å²) in [5.41, 5.74) is 6.92. The van der Waals surface area contributed by atoms with Gasteiger partial charge >= 0.3 is 0 Å². The Kier molecular flexibility index (Phi) is 3.71. The molecule has 1 atom stereocenters. The molecule has 0 radical (unpaired) electrons. The quantitative estimate of drug-likeness (QED) is 0.925. The fraction of sp³-hybridized carbons (Fsp3) is 0.333. The van der Waals surface area contributed by atoms with Gasteiger partial charge < -0.3 is 5.73 Å². The molecule has 2 aromatic heterocycles. The number of nitrogens with two attached hydrogens (primary N) is 1. The van der Waals surface area contributed by atoms with E-state index in [0.717, 1.165) is 20.5 Å². The molecule has 0 saturated heterocycles. The van der Waals surface area contributed by atoms with E-state index in [1.165, 1.54) is 11.3 Å². The van der Waals surface area contributed by atoms with Gasteiger partial charge in [0.25, 0.3) is 0 Å². The minimum Gasteiger partial charge on any atom is -0.317 e. The average Bonchev–Trinajstić information content (AvgIpc) is 2.89. The lowest BCUT2D eigenvalue weighted by molar-refractivity contribution is -0.119. The van der Waals surface area contributed by atoms with Crippen LogP contribution in [-0.2, 0) is 11.2 Å². The molecule has 0 aliphatic heterocycles. The SMILES string of the molecule is Cc1nc(CC(=O)C(N)c2cccs2)sc1C. The number of carbonyl (C=O) groups excluding carboxylic acids is 1. The Morgan fingerprint density at radius 2 is 2.29 bits per heavy atom. The Balaban J connectivity index is 2.07. The van der Waals surface area contributed by atoms with Gasteiger partial charge in [0, 0.05) is 9.75 Å².